The van der Waals surface area contributed by atoms with Crippen molar-refractivity contribution < 1.29 is 0 Å². The van der Waals surface area contributed by atoms with Crippen LogP contribution in [0.4, 0.5) is 0 Å². The van der Waals surface area contributed by atoms with Gasteiger partial charge < -0.3 is 4.98 Å². The molecule has 0 saturated carbocycles. The topological polar surface area (TPSA) is 45.8 Å². The van der Waals surface area contributed by atoms with Crippen LogP contribution in [0.1, 0.15) is 11.1 Å². The lowest BCUT2D eigenvalue weighted by atomic mass is 10.0. The summed E-state index contributed by atoms with van der Waals surface area (Å²) in [6, 6.07) is 16.0. The van der Waals surface area contributed by atoms with Crippen molar-refractivity contribution in [3.05, 3.63) is 75.5 Å². The zero-order chi connectivity index (χ0) is 14.2. The van der Waals surface area contributed by atoms with Gasteiger partial charge in [0.2, 0.25) is 0 Å². The third kappa shape index (κ3) is 2.23. The Labute approximate surface area is 124 Å². The van der Waals surface area contributed by atoms with Crippen LogP contribution in [0.25, 0.3) is 21.1 Å². The van der Waals surface area contributed by atoms with Crippen LogP contribution < -0.4 is 5.56 Å². The summed E-state index contributed by atoms with van der Waals surface area (Å²) in [7, 11) is 0. The molecule has 4 rings (SSSR count). The van der Waals surface area contributed by atoms with Gasteiger partial charge in [-0.3, -0.25) is 4.79 Å². The van der Waals surface area contributed by atoms with Crippen molar-refractivity contribution in [3.63, 3.8) is 0 Å². The molecule has 0 bridgehead atoms. The number of thiazole rings is 1. The molecule has 21 heavy (non-hydrogen) atoms. The lowest BCUT2D eigenvalue weighted by Gasteiger charge is -2.04. The average Bonchev–Trinajstić information content (AvgIpc) is 2.95. The van der Waals surface area contributed by atoms with Gasteiger partial charge in [0, 0.05) is 17.5 Å². The van der Waals surface area contributed by atoms with Gasteiger partial charge in [0.05, 0.1) is 15.7 Å². The number of pyridine rings is 1. The molecule has 1 N–H and O–H groups in total. The minimum Gasteiger partial charge on any atom is -0.322 e. The summed E-state index contributed by atoms with van der Waals surface area (Å²) < 4.78 is 1.17. The molecule has 2 aromatic carbocycles. The molecule has 0 unspecified atom stereocenters. The fraction of sp³-hybridized carbons (Fsp3) is 0.0588. The molecule has 0 aliphatic carbocycles. The number of nitrogens with zero attached hydrogens (tertiary/aromatic N) is 1. The van der Waals surface area contributed by atoms with E-state index in [-0.39, 0.29) is 5.56 Å². The maximum Gasteiger partial charge on any atom is 0.251 e. The fourth-order valence-corrected chi connectivity index (χ4v) is 3.22. The SMILES string of the molecule is O=c1[nH]c2ccccc2cc1Cc1ccc2scnc2c1. The number of para-hydroxylation sites is 1. The monoisotopic (exact) mass is 292 g/mol. The second-order valence-corrected chi connectivity index (χ2v) is 5.93. The van der Waals surface area contributed by atoms with Crippen molar-refractivity contribution in [2.45, 2.75) is 6.42 Å². The van der Waals surface area contributed by atoms with Gasteiger partial charge in [-0.05, 0) is 35.2 Å². The van der Waals surface area contributed by atoms with E-state index in [1.54, 1.807) is 11.3 Å². The third-order valence-electron chi connectivity index (χ3n) is 3.62. The van der Waals surface area contributed by atoms with Gasteiger partial charge in [0.15, 0.2) is 0 Å². The Hall–Kier alpha value is -2.46. The van der Waals surface area contributed by atoms with Crippen LogP contribution in [0, 0.1) is 0 Å². The van der Waals surface area contributed by atoms with E-state index in [0.717, 1.165) is 27.5 Å². The molecular weight excluding hydrogens is 280 g/mol. The van der Waals surface area contributed by atoms with Gasteiger partial charge in [0.25, 0.3) is 5.56 Å². The zero-order valence-corrected chi connectivity index (χ0v) is 12.0. The molecule has 0 spiro atoms. The molecule has 0 fully saturated rings. The normalized spacial score (nSPS) is 11.2. The summed E-state index contributed by atoms with van der Waals surface area (Å²) in [5, 5.41) is 1.06. The van der Waals surface area contributed by atoms with Crippen LogP contribution >= 0.6 is 11.3 Å². The van der Waals surface area contributed by atoms with Crippen molar-refractivity contribution >= 4 is 32.5 Å². The van der Waals surface area contributed by atoms with Crippen LogP contribution in [0.2, 0.25) is 0 Å². The highest BCUT2D eigenvalue weighted by Crippen LogP contribution is 2.20. The van der Waals surface area contributed by atoms with E-state index in [4.69, 9.17) is 0 Å². The van der Waals surface area contributed by atoms with Crippen LogP contribution in [0.15, 0.2) is 58.8 Å². The van der Waals surface area contributed by atoms with Crippen molar-refractivity contribution in [2.75, 3.05) is 0 Å². The second-order valence-electron chi connectivity index (χ2n) is 5.04. The summed E-state index contributed by atoms with van der Waals surface area (Å²) >= 11 is 1.63. The Morgan fingerprint density at radius 1 is 1.10 bits per heavy atom. The highest BCUT2D eigenvalue weighted by molar-refractivity contribution is 7.16. The van der Waals surface area contributed by atoms with Crippen LogP contribution in [0.3, 0.4) is 0 Å². The molecule has 102 valence electrons. The molecule has 4 aromatic rings. The number of aromatic amines is 1. The minimum absolute atomic E-state index is 0.0212. The molecule has 0 atom stereocenters. The quantitative estimate of drug-likeness (QED) is 0.612. The average molecular weight is 292 g/mol. The molecule has 0 aliphatic heterocycles. The van der Waals surface area contributed by atoms with E-state index < -0.39 is 0 Å². The van der Waals surface area contributed by atoms with E-state index in [9.17, 15) is 4.79 Å². The van der Waals surface area contributed by atoms with Gasteiger partial charge in [-0.25, -0.2) is 4.98 Å². The third-order valence-corrected chi connectivity index (χ3v) is 4.43. The van der Waals surface area contributed by atoms with E-state index in [1.165, 1.54) is 4.70 Å². The number of H-pyrrole nitrogens is 1. The van der Waals surface area contributed by atoms with Gasteiger partial charge in [-0.2, -0.15) is 0 Å². The molecule has 2 heterocycles. The predicted molar refractivity (Wildman–Crippen MR) is 87.0 cm³/mol. The number of rotatable bonds is 2. The second kappa shape index (κ2) is 4.82. The first kappa shape index (κ1) is 12.3. The maximum absolute atomic E-state index is 12.2. The van der Waals surface area contributed by atoms with E-state index >= 15 is 0 Å². The van der Waals surface area contributed by atoms with Crippen LogP contribution in [0.5, 0.6) is 0 Å². The Morgan fingerprint density at radius 2 is 2.00 bits per heavy atom. The van der Waals surface area contributed by atoms with Gasteiger partial charge >= 0.3 is 0 Å². The van der Waals surface area contributed by atoms with Gasteiger partial charge in [-0.1, -0.05) is 24.3 Å². The summed E-state index contributed by atoms with van der Waals surface area (Å²) in [6.45, 7) is 0. The Kier molecular flexibility index (Phi) is 2.82. The lowest BCUT2D eigenvalue weighted by Crippen LogP contribution is -2.12. The van der Waals surface area contributed by atoms with E-state index in [0.29, 0.717) is 6.42 Å². The Bertz CT molecular complexity index is 1000. The molecule has 4 heteroatoms. The first-order valence-electron chi connectivity index (χ1n) is 6.73. The summed E-state index contributed by atoms with van der Waals surface area (Å²) in [5.41, 5.74) is 5.58. The standard InChI is InChI=1S/C17H12N2OS/c20-17-13(9-12-3-1-2-4-14(12)19-17)7-11-5-6-16-15(8-11)18-10-21-16/h1-6,8-10H,7H2,(H,19,20). The molecule has 0 aliphatic rings. The highest BCUT2D eigenvalue weighted by Gasteiger charge is 2.05. The van der Waals surface area contributed by atoms with Gasteiger partial charge in [-0.15, -0.1) is 11.3 Å². The molecule has 0 amide bonds. The number of nitrogens with one attached hydrogen (secondary N) is 1. The number of hydrogen-bond donors (Lipinski definition) is 1. The minimum atomic E-state index is -0.0212. The Morgan fingerprint density at radius 3 is 2.95 bits per heavy atom. The predicted octanol–water partition coefficient (Wildman–Crippen LogP) is 3.73. The van der Waals surface area contributed by atoms with Crippen LogP contribution in [-0.4, -0.2) is 9.97 Å². The number of fused-ring (bicyclic) bond motifs is 2. The number of hydrogen-bond acceptors (Lipinski definition) is 3. The molecular formula is C17H12N2OS. The van der Waals surface area contributed by atoms with Crippen molar-refractivity contribution in [2.24, 2.45) is 0 Å². The molecule has 0 saturated heterocycles. The van der Waals surface area contributed by atoms with Crippen LogP contribution in [-0.2, 0) is 6.42 Å². The fourth-order valence-electron chi connectivity index (χ4n) is 2.56. The summed E-state index contributed by atoms with van der Waals surface area (Å²) in [4.78, 5) is 19.4. The molecule has 3 nitrogen and oxygen atoms in total. The number of benzene rings is 2. The van der Waals surface area contributed by atoms with E-state index in [2.05, 4.69) is 28.2 Å². The summed E-state index contributed by atoms with van der Waals surface area (Å²) in [5.74, 6) is 0. The maximum atomic E-state index is 12.2. The highest BCUT2D eigenvalue weighted by atomic mass is 32.1. The van der Waals surface area contributed by atoms with E-state index in [1.807, 2.05) is 35.8 Å². The lowest BCUT2D eigenvalue weighted by molar-refractivity contribution is 1.12. The van der Waals surface area contributed by atoms with Crippen molar-refractivity contribution in [1.29, 1.82) is 0 Å². The smallest absolute Gasteiger partial charge is 0.251 e. The zero-order valence-electron chi connectivity index (χ0n) is 11.2. The van der Waals surface area contributed by atoms with Crippen molar-refractivity contribution in [1.82, 2.24) is 9.97 Å². The molecule has 2 aromatic heterocycles. The summed E-state index contributed by atoms with van der Waals surface area (Å²) in [6.07, 6.45) is 0.619. The largest absolute Gasteiger partial charge is 0.322 e. The first-order valence-corrected chi connectivity index (χ1v) is 7.61. The Balaban J connectivity index is 1.79. The molecule has 0 radical (unpaired) electrons. The first-order chi connectivity index (χ1) is 10.3. The number of aromatic nitrogens is 2. The van der Waals surface area contributed by atoms with Gasteiger partial charge in [0.1, 0.15) is 0 Å². The van der Waals surface area contributed by atoms with Crippen molar-refractivity contribution in [3.8, 4) is 0 Å².